The first-order valence-electron chi connectivity index (χ1n) is 7.68. The second kappa shape index (κ2) is 6.43. The van der Waals surface area contributed by atoms with Crippen molar-refractivity contribution in [1.29, 1.82) is 0 Å². The number of likely N-dealkylation sites (tertiary alicyclic amines) is 1. The van der Waals surface area contributed by atoms with Gasteiger partial charge in [-0.3, -0.25) is 4.79 Å². The largest absolute Gasteiger partial charge is 0.339 e. The van der Waals surface area contributed by atoms with Crippen molar-refractivity contribution < 1.29 is 9.59 Å². The molecule has 2 rings (SSSR count). The number of carbonyl (C=O) groups excluding carboxylic acids is 2. The Morgan fingerprint density at radius 2 is 2.00 bits per heavy atom. The fourth-order valence-electron chi connectivity index (χ4n) is 3.29. The highest BCUT2D eigenvalue weighted by atomic mass is 16.2. The van der Waals surface area contributed by atoms with Crippen LogP contribution in [0.25, 0.3) is 0 Å². The first-order valence-corrected chi connectivity index (χ1v) is 7.68. The van der Waals surface area contributed by atoms with Crippen molar-refractivity contribution in [3.8, 4) is 0 Å². The summed E-state index contributed by atoms with van der Waals surface area (Å²) in [6.07, 6.45) is 5.35. The molecule has 6 nitrogen and oxygen atoms in total. The van der Waals surface area contributed by atoms with Crippen molar-refractivity contribution in [1.82, 2.24) is 15.5 Å². The van der Waals surface area contributed by atoms with E-state index in [1.165, 1.54) is 0 Å². The molecular formula is C14H26N4O2. The average Bonchev–Trinajstić information content (AvgIpc) is 2.87. The third-order valence-electron chi connectivity index (χ3n) is 4.30. The van der Waals surface area contributed by atoms with Gasteiger partial charge in [-0.2, -0.15) is 0 Å². The van der Waals surface area contributed by atoms with Crippen LogP contribution in [0.2, 0.25) is 0 Å². The van der Waals surface area contributed by atoms with Gasteiger partial charge in [0.15, 0.2) is 0 Å². The first-order chi connectivity index (χ1) is 9.57. The summed E-state index contributed by atoms with van der Waals surface area (Å²) in [6.45, 7) is 3.79. The molecule has 1 saturated heterocycles. The minimum absolute atomic E-state index is 0.0522. The fourth-order valence-corrected chi connectivity index (χ4v) is 3.29. The number of nitrogens with zero attached hydrogens (tertiary/aromatic N) is 1. The molecule has 1 aliphatic carbocycles. The number of hydrogen-bond acceptors (Lipinski definition) is 3. The molecule has 20 heavy (non-hydrogen) atoms. The number of urea groups is 1. The van der Waals surface area contributed by atoms with Gasteiger partial charge in [-0.1, -0.05) is 12.8 Å². The Hall–Kier alpha value is -1.30. The highest BCUT2D eigenvalue weighted by molar-refractivity contribution is 5.91. The standard InChI is InChI=1S/C14H26N4O2/c1-2-16-13(20)17-14(7-3-4-8-14)12(19)18-9-5-6-11(15)10-18/h11H,2-10,15H2,1H3,(H2,16,17,20). The molecule has 2 fully saturated rings. The van der Waals surface area contributed by atoms with E-state index in [0.717, 1.165) is 45.1 Å². The lowest BCUT2D eigenvalue weighted by Gasteiger charge is -2.38. The van der Waals surface area contributed by atoms with E-state index in [0.29, 0.717) is 13.1 Å². The molecule has 4 N–H and O–H groups in total. The molecule has 3 amide bonds. The summed E-state index contributed by atoms with van der Waals surface area (Å²) in [5.74, 6) is 0.0522. The van der Waals surface area contributed by atoms with E-state index < -0.39 is 5.54 Å². The molecule has 0 radical (unpaired) electrons. The maximum atomic E-state index is 12.8. The van der Waals surface area contributed by atoms with Gasteiger partial charge >= 0.3 is 6.03 Å². The van der Waals surface area contributed by atoms with Crippen LogP contribution in [-0.4, -0.2) is 48.1 Å². The minimum atomic E-state index is -0.712. The number of amides is 3. The molecule has 2 aliphatic rings. The van der Waals surface area contributed by atoms with Crippen molar-refractivity contribution in [2.45, 2.75) is 57.0 Å². The van der Waals surface area contributed by atoms with Crippen LogP contribution in [0, 0.1) is 0 Å². The highest BCUT2D eigenvalue weighted by Gasteiger charge is 2.45. The van der Waals surface area contributed by atoms with Gasteiger partial charge in [-0.15, -0.1) is 0 Å². The normalized spacial score (nSPS) is 25.3. The van der Waals surface area contributed by atoms with E-state index in [2.05, 4.69) is 10.6 Å². The number of carbonyl (C=O) groups is 2. The zero-order chi connectivity index (χ0) is 14.6. The number of hydrogen-bond donors (Lipinski definition) is 3. The summed E-state index contributed by atoms with van der Waals surface area (Å²) in [4.78, 5) is 26.5. The summed E-state index contributed by atoms with van der Waals surface area (Å²) in [5.41, 5.74) is 5.25. The van der Waals surface area contributed by atoms with Gasteiger partial charge in [-0.05, 0) is 32.6 Å². The maximum Gasteiger partial charge on any atom is 0.315 e. The second-order valence-electron chi connectivity index (χ2n) is 5.93. The predicted octanol–water partition coefficient (Wildman–Crippen LogP) is 0.568. The number of piperidine rings is 1. The lowest BCUT2D eigenvalue weighted by molar-refractivity contribution is -0.139. The van der Waals surface area contributed by atoms with Gasteiger partial charge < -0.3 is 21.3 Å². The van der Waals surface area contributed by atoms with Crippen molar-refractivity contribution in [2.75, 3.05) is 19.6 Å². The van der Waals surface area contributed by atoms with Gasteiger partial charge in [0, 0.05) is 25.7 Å². The highest BCUT2D eigenvalue weighted by Crippen LogP contribution is 2.32. The van der Waals surface area contributed by atoms with Gasteiger partial charge in [0.25, 0.3) is 0 Å². The fraction of sp³-hybridized carbons (Fsp3) is 0.857. The number of nitrogens with one attached hydrogen (secondary N) is 2. The van der Waals surface area contributed by atoms with Crippen LogP contribution in [0.15, 0.2) is 0 Å². The molecule has 0 aromatic carbocycles. The molecule has 1 atom stereocenters. The molecule has 0 aromatic rings. The molecule has 0 aromatic heterocycles. The Morgan fingerprint density at radius 3 is 2.60 bits per heavy atom. The Labute approximate surface area is 120 Å². The zero-order valence-electron chi connectivity index (χ0n) is 12.3. The van der Waals surface area contributed by atoms with Gasteiger partial charge in [0.2, 0.25) is 5.91 Å². The molecule has 0 bridgehead atoms. The average molecular weight is 282 g/mol. The SMILES string of the molecule is CCNC(=O)NC1(C(=O)N2CCCC(N)C2)CCCC1. The summed E-state index contributed by atoms with van der Waals surface area (Å²) >= 11 is 0. The van der Waals surface area contributed by atoms with E-state index in [1.807, 2.05) is 11.8 Å². The van der Waals surface area contributed by atoms with E-state index in [1.54, 1.807) is 0 Å². The lowest BCUT2D eigenvalue weighted by Crippen LogP contribution is -2.62. The maximum absolute atomic E-state index is 12.8. The Balaban J connectivity index is 2.06. The van der Waals surface area contributed by atoms with Gasteiger partial charge in [0.05, 0.1) is 0 Å². The molecule has 1 aliphatic heterocycles. The van der Waals surface area contributed by atoms with Crippen molar-refractivity contribution >= 4 is 11.9 Å². The third kappa shape index (κ3) is 3.23. The summed E-state index contributed by atoms with van der Waals surface area (Å²) < 4.78 is 0. The van der Waals surface area contributed by atoms with E-state index >= 15 is 0 Å². The Kier molecular flexibility index (Phi) is 4.86. The lowest BCUT2D eigenvalue weighted by atomic mass is 9.93. The molecule has 114 valence electrons. The Morgan fingerprint density at radius 1 is 1.30 bits per heavy atom. The molecular weight excluding hydrogens is 256 g/mol. The van der Waals surface area contributed by atoms with Crippen LogP contribution in [-0.2, 0) is 4.79 Å². The zero-order valence-corrected chi connectivity index (χ0v) is 12.3. The monoisotopic (exact) mass is 282 g/mol. The van der Waals surface area contributed by atoms with Crippen LogP contribution < -0.4 is 16.4 Å². The quantitative estimate of drug-likeness (QED) is 0.707. The van der Waals surface area contributed by atoms with E-state index in [-0.39, 0.29) is 18.0 Å². The minimum Gasteiger partial charge on any atom is -0.339 e. The van der Waals surface area contributed by atoms with Crippen LogP contribution in [0.1, 0.15) is 45.4 Å². The number of rotatable bonds is 3. The van der Waals surface area contributed by atoms with Crippen molar-refractivity contribution in [2.24, 2.45) is 5.73 Å². The molecule has 0 spiro atoms. The molecule has 1 heterocycles. The van der Waals surface area contributed by atoms with Crippen LogP contribution in [0.4, 0.5) is 4.79 Å². The molecule has 1 unspecified atom stereocenters. The number of nitrogens with two attached hydrogens (primary N) is 1. The first kappa shape index (κ1) is 15.1. The summed E-state index contributed by atoms with van der Waals surface area (Å²) in [7, 11) is 0. The third-order valence-corrected chi connectivity index (χ3v) is 4.30. The molecule has 6 heteroatoms. The Bertz CT molecular complexity index is 366. The van der Waals surface area contributed by atoms with Gasteiger partial charge in [-0.25, -0.2) is 4.79 Å². The van der Waals surface area contributed by atoms with E-state index in [9.17, 15) is 9.59 Å². The van der Waals surface area contributed by atoms with Crippen LogP contribution >= 0.6 is 0 Å². The topological polar surface area (TPSA) is 87.5 Å². The van der Waals surface area contributed by atoms with E-state index in [4.69, 9.17) is 5.73 Å². The van der Waals surface area contributed by atoms with Gasteiger partial charge in [0.1, 0.15) is 5.54 Å². The van der Waals surface area contributed by atoms with Crippen molar-refractivity contribution in [3.63, 3.8) is 0 Å². The van der Waals surface area contributed by atoms with Crippen LogP contribution in [0.3, 0.4) is 0 Å². The summed E-state index contributed by atoms with van der Waals surface area (Å²) in [5, 5.41) is 5.64. The predicted molar refractivity (Wildman–Crippen MR) is 77.2 cm³/mol. The smallest absolute Gasteiger partial charge is 0.315 e. The second-order valence-corrected chi connectivity index (χ2v) is 5.93. The van der Waals surface area contributed by atoms with Crippen molar-refractivity contribution in [3.05, 3.63) is 0 Å². The summed E-state index contributed by atoms with van der Waals surface area (Å²) in [6, 6.07) is -0.181. The molecule has 1 saturated carbocycles. The van der Waals surface area contributed by atoms with Crippen LogP contribution in [0.5, 0.6) is 0 Å².